The lowest BCUT2D eigenvalue weighted by Crippen LogP contribution is -2.30. The Labute approximate surface area is 119 Å². The highest BCUT2D eigenvalue weighted by Crippen LogP contribution is 2.19. The molecule has 2 aromatic heterocycles. The van der Waals surface area contributed by atoms with Crippen molar-refractivity contribution in [2.24, 2.45) is 0 Å². The number of pyridine rings is 1. The Morgan fingerprint density at radius 1 is 1.42 bits per heavy atom. The number of nitrogens with zero attached hydrogens (tertiary/aromatic N) is 2. The molecule has 0 aliphatic rings. The molecule has 0 saturated heterocycles. The van der Waals surface area contributed by atoms with E-state index < -0.39 is 0 Å². The first kappa shape index (κ1) is 14.0. The average molecular weight is 275 g/mol. The molecule has 0 saturated carbocycles. The molecule has 0 amide bonds. The summed E-state index contributed by atoms with van der Waals surface area (Å²) in [5.74, 6) is 0. The number of anilines is 1. The SMILES string of the molecule is CNCc1cc(N(C)C(C)Cc2cccs2)ccn1. The first-order valence-electron chi connectivity index (χ1n) is 6.55. The third-order valence-corrected chi connectivity index (χ3v) is 4.20. The van der Waals surface area contributed by atoms with Crippen molar-refractivity contribution in [2.75, 3.05) is 19.0 Å². The molecule has 4 heteroatoms. The minimum absolute atomic E-state index is 0.475. The first-order chi connectivity index (χ1) is 9.20. The van der Waals surface area contributed by atoms with Gasteiger partial charge in [0.25, 0.3) is 0 Å². The maximum atomic E-state index is 4.36. The minimum Gasteiger partial charge on any atom is -0.371 e. The topological polar surface area (TPSA) is 28.2 Å². The summed E-state index contributed by atoms with van der Waals surface area (Å²) in [5, 5.41) is 5.27. The highest BCUT2D eigenvalue weighted by atomic mass is 32.1. The molecule has 0 spiro atoms. The molecule has 19 heavy (non-hydrogen) atoms. The van der Waals surface area contributed by atoms with Gasteiger partial charge in [-0.25, -0.2) is 0 Å². The number of hydrogen-bond acceptors (Lipinski definition) is 4. The molecule has 3 nitrogen and oxygen atoms in total. The quantitative estimate of drug-likeness (QED) is 0.878. The zero-order valence-corrected chi connectivity index (χ0v) is 12.6. The van der Waals surface area contributed by atoms with Crippen molar-refractivity contribution in [2.45, 2.75) is 25.9 Å². The molecule has 1 atom stereocenters. The van der Waals surface area contributed by atoms with Gasteiger partial charge in [-0.3, -0.25) is 4.98 Å². The van der Waals surface area contributed by atoms with E-state index in [4.69, 9.17) is 0 Å². The third-order valence-electron chi connectivity index (χ3n) is 3.30. The summed E-state index contributed by atoms with van der Waals surface area (Å²) < 4.78 is 0. The number of nitrogens with one attached hydrogen (secondary N) is 1. The van der Waals surface area contributed by atoms with Crippen molar-refractivity contribution in [3.05, 3.63) is 46.4 Å². The number of likely N-dealkylation sites (N-methyl/N-ethyl adjacent to an activating group) is 1. The highest BCUT2D eigenvalue weighted by molar-refractivity contribution is 7.09. The van der Waals surface area contributed by atoms with Crippen molar-refractivity contribution in [3.8, 4) is 0 Å². The lowest BCUT2D eigenvalue weighted by atomic mass is 10.1. The van der Waals surface area contributed by atoms with Crippen molar-refractivity contribution < 1.29 is 0 Å². The fourth-order valence-electron chi connectivity index (χ4n) is 2.07. The lowest BCUT2D eigenvalue weighted by Gasteiger charge is -2.27. The summed E-state index contributed by atoms with van der Waals surface area (Å²) in [6.07, 6.45) is 2.97. The van der Waals surface area contributed by atoms with E-state index in [1.165, 1.54) is 10.6 Å². The molecule has 0 fully saturated rings. The predicted octanol–water partition coefficient (Wildman–Crippen LogP) is 2.93. The van der Waals surface area contributed by atoms with Crippen LogP contribution >= 0.6 is 11.3 Å². The first-order valence-corrected chi connectivity index (χ1v) is 7.43. The fourth-order valence-corrected chi connectivity index (χ4v) is 2.90. The molecule has 1 N–H and O–H groups in total. The van der Waals surface area contributed by atoms with Gasteiger partial charge < -0.3 is 10.2 Å². The van der Waals surface area contributed by atoms with E-state index in [-0.39, 0.29) is 0 Å². The van der Waals surface area contributed by atoms with Crippen molar-refractivity contribution in [1.82, 2.24) is 10.3 Å². The van der Waals surface area contributed by atoms with E-state index >= 15 is 0 Å². The molecule has 0 bridgehead atoms. The standard InChI is InChI=1S/C15H21N3S/c1-12(9-15-5-4-8-19-15)18(3)14-6-7-17-13(10-14)11-16-2/h4-8,10,12,16H,9,11H2,1-3H3. The van der Waals surface area contributed by atoms with Gasteiger partial charge in [0.15, 0.2) is 0 Å². The van der Waals surface area contributed by atoms with E-state index in [1.54, 1.807) is 0 Å². The molecule has 1 unspecified atom stereocenters. The van der Waals surface area contributed by atoms with Gasteiger partial charge in [0.1, 0.15) is 0 Å². The largest absolute Gasteiger partial charge is 0.371 e. The summed E-state index contributed by atoms with van der Waals surface area (Å²) in [6.45, 7) is 3.07. The predicted molar refractivity (Wildman–Crippen MR) is 82.9 cm³/mol. The van der Waals surface area contributed by atoms with Crippen molar-refractivity contribution in [1.29, 1.82) is 0 Å². The molecule has 102 valence electrons. The fraction of sp³-hybridized carbons (Fsp3) is 0.400. The molecule has 2 rings (SSSR count). The van der Waals surface area contributed by atoms with Gasteiger partial charge in [-0.1, -0.05) is 6.07 Å². The Hall–Kier alpha value is -1.39. The van der Waals surface area contributed by atoms with Crippen LogP contribution in [0.15, 0.2) is 35.8 Å². The van der Waals surface area contributed by atoms with Crippen LogP contribution in [-0.4, -0.2) is 25.1 Å². The summed E-state index contributed by atoms with van der Waals surface area (Å²) in [7, 11) is 4.09. The molecule has 0 aromatic carbocycles. The molecule has 0 aliphatic heterocycles. The number of hydrogen-bond donors (Lipinski definition) is 1. The van der Waals surface area contributed by atoms with E-state index in [0.29, 0.717) is 6.04 Å². The average Bonchev–Trinajstić information content (AvgIpc) is 2.91. The summed E-state index contributed by atoms with van der Waals surface area (Å²) in [6, 6.07) is 9.02. The van der Waals surface area contributed by atoms with E-state index in [9.17, 15) is 0 Å². The summed E-state index contributed by atoms with van der Waals surface area (Å²) in [5.41, 5.74) is 2.31. The molecule has 2 heterocycles. The van der Waals surface area contributed by atoms with Gasteiger partial charge in [-0.2, -0.15) is 0 Å². The van der Waals surface area contributed by atoms with Gasteiger partial charge in [-0.15, -0.1) is 11.3 Å². The van der Waals surface area contributed by atoms with Crippen LogP contribution in [0.5, 0.6) is 0 Å². The van der Waals surface area contributed by atoms with Gasteiger partial charge in [0, 0.05) is 42.8 Å². The van der Waals surface area contributed by atoms with Crippen LogP contribution in [0.4, 0.5) is 5.69 Å². The Kier molecular flexibility index (Phi) is 4.93. The summed E-state index contributed by atoms with van der Waals surface area (Å²) >= 11 is 1.83. The van der Waals surface area contributed by atoms with Crippen LogP contribution in [0.2, 0.25) is 0 Å². The summed E-state index contributed by atoms with van der Waals surface area (Å²) in [4.78, 5) is 8.11. The van der Waals surface area contributed by atoms with Crippen molar-refractivity contribution >= 4 is 17.0 Å². The van der Waals surface area contributed by atoms with Crippen LogP contribution < -0.4 is 10.2 Å². The monoisotopic (exact) mass is 275 g/mol. The van der Waals surface area contributed by atoms with Gasteiger partial charge in [0.2, 0.25) is 0 Å². The van der Waals surface area contributed by atoms with Crippen LogP contribution in [0.3, 0.4) is 0 Å². The number of aromatic nitrogens is 1. The minimum atomic E-state index is 0.475. The Morgan fingerprint density at radius 2 is 2.26 bits per heavy atom. The molecule has 2 aromatic rings. The second-order valence-corrected chi connectivity index (χ2v) is 5.81. The second kappa shape index (κ2) is 6.68. The maximum absolute atomic E-state index is 4.36. The molecular weight excluding hydrogens is 254 g/mol. The Balaban J connectivity index is 2.05. The third kappa shape index (κ3) is 3.78. The number of thiophene rings is 1. The zero-order valence-electron chi connectivity index (χ0n) is 11.8. The van der Waals surface area contributed by atoms with Crippen LogP contribution in [-0.2, 0) is 13.0 Å². The lowest BCUT2D eigenvalue weighted by molar-refractivity contribution is 0.686. The maximum Gasteiger partial charge on any atom is 0.0562 e. The van der Waals surface area contributed by atoms with Crippen molar-refractivity contribution in [3.63, 3.8) is 0 Å². The van der Waals surface area contributed by atoms with E-state index in [2.05, 4.69) is 58.8 Å². The van der Waals surface area contributed by atoms with E-state index in [0.717, 1.165) is 18.7 Å². The van der Waals surface area contributed by atoms with E-state index in [1.807, 2.05) is 24.6 Å². The Morgan fingerprint density at radius 3 is 2.95 bits per heavy atom. The molecular formula is C15H21N3S. The second-order valence-electron chi connectivity index (χ2n) is 4.78. The highest BCUT2D eigenvalue weighted by Gasteiger charge is 2.12. The van der Waals surface area contributed by atoms with Gasteiger partial charge in [0.05, 0.1) is 5.69 Å². The van der Waals surface area contributed by atoms with Gasteiger partial charge >= 0.3 is 0 Å². The molecule has 0 radical (unpaired) electrons. The normalized spacial score (nSPS) is 12.4. The van der Waals surface area contributed by atoms with Crippen LogP contribution in [0.1, 0.15) is 17.5 Å². The Bertz CT molecular complexity index is 496. The zero-order chi connectivity index (χ0) is 13.7. The van der Waals surface area contributed by atoms with Gasteiger partial charge in [-0.05, 0) is 37.6 Å². The van der Waals surface area contributed by atoms with Crippen LogP contribution in [0, 0.1) is 0 Å². The van der Waals surface area contributed by atoms with Crippen LogP contribution in [0.25, 0.3) is 0 Å². The number of rotatable bonds is 6. The smallest absolute Gasteiger partial charge is 0.0562 e. The molecule has 0 aliphatic carbocycles.